The highest BCUT2D eigenvalue weighted by molar-refractivity contribution is 4.60. The maximum absolute atomic E-state index is 2.62. The largest absolute Gasteiger partial charge is 0.303 e. The molecule has 0 aromatic carbocycles. The first kappa shape index (κ1) is 19.9. The number of hydrogen-bond donors (Lipinski definition) is 0. The van der Waals surface area contributed by atoms with E-state index < -0.39 is 0 Å². The summed E-state index contributed by atoms with van der Waals surface area (Å²) in [5, 5.41) is 0. The van der Waals surface area contributed by atoms with Crippen LogP contribution in [0.5, 0.6) is 0 Å². The van der Waals surface area contributed by atoms with Crippen molar-refractivity contribution in [2.45, 2.75) is 79.1 Å². The molecule has 0 saturated heterocycles. The highest BCUT2D eigenvalue weighted by atomic mass is 15.2. The van der Waals surface area contributed by atoms with Gasteiger partial charge in [-0.2, -0.15) is 0 Å². The second-order valence-corrected chi connectivity index (χ2v) is 5.94. The molecule has 0 aliphatic carbocycles. The summed E-state index contributed by atoms with van der Waals surface area (Å²) in [5.41, 5.74) is 0. The van der Waals surface area contributed by atoms with E-state index in [1.807, 2.05) is 0 Å². The van der Waals surface area contributed by atoms with Crippen molar-refractivity contribution >= 4 is 0 Å². The molecule has 0 heterocycles. The van der Waals surface area contributed by atoms with Crippen LogP contribution in [0.15, 0.2) is 0 Å². The zero-order valence-electron chi connectivity index (χ0n) is 14.8. The van der Waals surface area contributed by atoms with Crippen LogP contribution < -0.4 is 0 Å². The number of unbranched alkanes of at least 4 members (excludes halogenated alkanes) is 7. The normalized spacial score (nSPS) is 11.7. The molecule has 0 unspecified atom stereocenters. The van der Waals surface area contributed by atoms with Gasteiger partial charge in [-0.25, -0.2) is 0 Å². The Balaban J connectivity index is 3.45. The third-order valence-corrected chi connectivity index (χ3v) is 4.40. The van der Waals surface area contributed by atoms with Gasteiger partial charge in [0.15, 0.2) is 0 Å². The van der Waals surface area contributed by atoms with Crippen molar-refractivity contribution in [1.29, 1.82) is 0 Å². The maximum Gasteiger partial charge on any atom is 0.0109 e. The van der Waals surface area contributed by atoms with Crippen LogP contribution in [0.4, 0.5) is 0 Å². The monoisotopic (exact) mass is 284 g/mol. The maximum atomic E-state index is 2.62. The fourth-order valence-electron chi connectivity index (χ4n) is 2.72. The van der Waals surface area contributed by atoms with E-state index >= 15 is 0 Å². The van der Waals surface area contributed by atoms with Crippen molar-refractivity contribution < 1.29 is 0 Å². The molecule has 20 heavy (non-hydrogen) atoms. The average molecular weight is 285 g/mol. The third-order valence-electron chi connectivity index (χ3n) is 4.40. The molecule has 0 radical (unpaired) electrons. The van der Waals surface area contributed by atoms with Gasteiger partial charge in [-0.05, 0) is 32.6 Å². The Labute approximate surface area is 128 Å². The van der Waals surface area contributed by atoms with Crippen LogP contribution in [-0.4, -0.2) is 49.1 Å². The minimum atomic E-state index is 1.19. The van der Waals surface area contributed by atoms with Gasteiger partial charge in [0, 0.05) is 13.1 Å². The number of rotatable bonds is 15. The van der Waals surface area contributed by atoms with E-state index in [4.69, 9.17) is 0 Å². The lowest BCUT2D eigenvalue weighted by atomic mass is 10.1. The minimum Gasteiger partial charge on any atom is -0.303 e. The van der Waals surface area contributed by atoms with Gasteiger partial charge >= 0.3 is 0 Å². The molecule has 0 atom stereocenters. The first-order valence-corrected chi connectivity index (χ1v) is 9.23. The lowest BCUT2D eigenvalue weighted by molar-refractivity contribution is 0.217. The van der Waals surface area contributed by atoms with E-state index in [9.17, 15) is 0 Å². The van der Waals surface area contributed by atoms with Crippen molar-refractivity contribution in [3.63, 3.8) is 0 Å². The van der Waals surface area contributed by atoms with Crippen molar-refractivity contribution in [1.82, 2.24) is 9.80 Å². The summed E-state index contributed by atoms with van der Waals surface area (Å²) in [5.74, 6) is 0. The van der Waals surface area contributed by atoms with Crippen LogP contribution in [0.3, 0.4) is 0 Å². The standard InChI is InChI=1S/C18H40N2/c1-5-9-10-11-12-13-14-15-16-20(8-4)18-17-19(6-2)7-3/h5-18H2,1-4H3. The molecule has 0 aromatic heterocycles. The summed E-state index contributed by atoms with van der Waals surface area (Å²) in [4.78, 5) is 5.14. The van der Waals surface area contributed by atoms with Gasteiger partial charge in [0.05, 0.1) is 0 Å². The molecule has 0 bridgehead atoms. The van der Waals surface area contributed by atoms with Gasteiger partial charge in [-0.1, -0.05) is 72.6 Å². The van der Waals surface area contributed by atoms with Crippen molar-refractivity contribution in [3.8, 4) is 0 Å². The van der Waals surface area contributed by atoms with Crippen molar-refractivity contribution in [3.05, 3.63) is 0 Å². The molecule has 0 saturated carbocycles. The van der Waals surface area contributed by atoms with Crippen LogP contribution in [0.1, 0.15) is 79.1 Å². The summed E-state index contributed by atoms with van der Waals surface area (Å²) in [6, 6.07) is 0. The Morgan fingerprint density at radius 3 is 1.40 bits per heavy atom. The van der Waals surface area contributed by atoms with E-state index in [0.29, 0.717) is 0 Å². The quantitative estimate of drug-likeness (QED) is 0.399. The highest BCUT2D eigenvalue weighted by Crippen LogP contribution is 2.08. The topological polar surface area (TPSA) is 6.48 Å². The molecule has 0 fully saturated rings. The van der Waals surface area contributed by atoms with E-state index in [1.54, 1.807) is 0 Å². The van der Waals surface area contributed by atoms with Gasteiger partial charge in [0.1, 0.15) is 0 Å². The molecule has 0 N–H and O–H groups in total. The summed E-state index contributed by atoms with van der Waals surface area (Å²) in [6.07, 6.45) is 11.4. The smallest absolute Gasteiger partial charge is 0.0109 e. The number of nitrogens with zero attached hydrogens (tertiary/aromatic N) is 2. The molecule has 0 rings (SSSR count). The average Bonchev–Trinajstić information content (AvgIpc) is 2.48. The molecular weight excluding hydrogens is 244 g/mol. The van der Waals surface area contributed by atoms with Gasteiger partial charge in [-0.15, -0.1) is 0 Å². The molecule has 0 aliphatic heterocycles. The molecule has 0 aromatic rings. The Hall–Kier alpha value is -0.0800. The van der Waals surface area contributed by atoms with Crippen molar-refractivity contribution in [2.75, 3.05) is 39.3 Å². The summed E-state index contributed by atoms with van der Waals surface area (Å²) in [7, 11) is 0. The molecule has 0 spiro atoms. The lowest BCUT2D eigenvalue weighted by Crippen LogP contribution is -2.35. The van der Waals surface area contributed by atoms with E-state index in [1.165, 1.54) is 90.6 Å². The molecule has 0 aliphatic rings. The Morgan fingerprint density at radius 1 is 0.450 bits per heavy atom. The van der Waals surface area contributed by atoms with E-state index in [0.717, 1.165) is 0 Å². The Morgan fingerprint density at radius 2 is 0.900 bits per heavy atom. The van der Waals surface area contributed by atoms with Crippen LogP contribution in [0.2, 0.25) is 0 Å². The molecular formula is C18H40N2. The third kappa shape index (κ3) is 11.7. The second kappa shape index (κ2) is 15.3. The first-order chi connectivity index (χ1) is 9.78. The second-order valence-electron chi connectivity index (χ2n) is 5.94. The van der Waals surface area contributed by atoms with Gasteiger partial charge in [-0.3, -0.25) is 0 Å². The highest BCUT2D eigenvalue weighted by Gasteiger charge is 2.04. The summed E-state index contributed by atoms with van der Waals surface area (Å²) < 4.78 is 0. The molecule has 2 heteroatoms. The fourth-order valence-corrected chi connectivity index (χ4v) is 2.72. The Bertz CT molecular complexity index is 178. The van der Waals surface area contributed by atoms with Crippen LogP contribution in [0.25, 0.3) is 0 Å². The molecule has 122 valence electrons. The summed E-state index contributed by atoms with van der Waals surface area (Å²) >= 11 is 0. The predicted molar refractivity (Wildman–Crippen MR) is 92.5 cm³/mol. The van der Waals surface area contributed by atoms with Crippen LogP contribution in [0, 0.1) is 0 Å². The fraction of sp³-hybridized carbons (Fsp3) is 1.00. The predicted octanol–water partition coefficient (Wildman–Crippen LogP) is 4.79. The van der Waals surface area contributed by atoms with Gasteiger partial charge in [0.2, 0.25) is 0 Å². The van der Waals surface area contributed by atoms with Gasteiger partial charge in [0.25, 0.3) is 0 Å². The molecule has 0 amide bonds. The van der Waals surface area contributed by atoms with Crippen LogP contribution >= 0.6 is 0 Å². The van der Waals surface area contributed by atoms with Gasteiger partial charge < -0.3 is 9.80 Å². The minimum absolute atomic E-state index is 1.19. The SMILES string of the molecule is CCCCCCCCCCN(CC)CCN(CC)CC. The summed E-state index contributed by atoms with van der Waals surface area (Å²) in [6.45, 7) is 16.5. The molecule has 2 nitrogen and oxygen atoms in total. The Kier molecular flexibility index (Phi) is 15.3. The first-order valence-electron chi connectivity index (χ1n) is 9.23. The lowest BCUT2D eigenvalue weighted by Gasteiger charge is -2.25. The van der Waals surface area contributed by atoms with E-state index in [2.05, 4.69) is 37.5 Å². The van der Waals surface area contributed by atoms with Crippen LogP contribution in [-0.2, 0) is 0 Å². The zero-order valence-corrected chi connectivity index (χ0v) is 14.8. The van der Waals surface area contributed by atoms with E-state index in [-0.39, 0.29) is 0 Å². The number of likely N-dealkylation sites (N-methyl/N-ethyl adjacent to an activating group) is 2. The van der Waals surface area contributed by atoms with Crippen molar-refractivity contribution in [2.24, 2.45) is 0 Å². The zero-order chi connectivity index (χ0) is 15.1. The number of hydrogen-bond acceptors (Lipinski definition) is 2.